The third kappa shape index (κ3) is 2.62. The Balaban J connectivity index is 1.73. The van der Waals surface area contributed by atoms with Crippen molar-refractivity contribution in [2.75, 3.05) is 6.54 Å². The van der Waals surface area contributed by atoms with E-state index in [1.165, 1.54) is 12.1 Å². The van der Waals surface area contributed by atoms with Crippen LogP contribution >= 0.6 is 0 Å². The van der Waals surface area contributed by atoms with Crippen molar-refractivity contribution in [2.24, 2.45) is 5.92 Å². The van der Waals surface area contributed by atoms with Crippen LogP contribution in [0.1, 0.15) is 44.1 Å². The first-order chi connectivity index (χ1) is 10.5. The lowest BCUT2D eigenvalue weighted by Crippen LogP contribution is -2.51. The molecule has 2 aliphatic rings. The van der Waals surface area contributed by atoms with Gasteiger partial charge in [-0.25, -0.2) is 8.78 Å². The number of nitrogens with one attached hydrogen (secondary N) is 1. The maximum atomic E-state index is 14.1. The van der Waals surface area contributed by atoms with Gasteiger partial charge in [0.15, 0.2) is 0 Å². The Labute approximate surface area is 128 Å². The second-order valence-electron chi connectivity index (χ2n) is 6.53. The summed E-state index contributed by atoms with van der Waals surface area (Å²) in [6, 6.07) is 3.42. The molecule has 1 aromatic rings. The lowest BCUT2D eigenvalue weighted by Gasteiger charge is -2.41. The van der Waals surface area contributed by atoms with Gasteiger partial charge in [-0.05, 0) is 31.7 Å². The van der Waals surface area contributed by atoms with Gasteiger partial charge in [0.2, 0.25) is 5.91 Å². The second kappa shape index (κ2) is 5.95. The molecule has 5 heteroatoms. The minimum absolute atomic E-state index is 0.0825. The molecule has 22 heavy (non-hydrogen) atoms. The zero-order valence-electron chi connectivity index (χ0n) is 12.4. The molecule has 120 valence electrons. The number of aliphatic hydroxyl groups is 1. The summed E-state index contributed by atoms with van der Waals surface area (Å²) in [5, 5.41) is 12.7. The largest absolute Gasteiger partial charge is 0.393 e. The minimum Gasteiger partial charge on any atom is -0.393 e. The van der Waals surface area contributed by atoms with E-state index in [1.54, 1.807) is 0 Å². The van der Waals surface area contributed by atoms with Gasteiger partial charge in [-0.2, -0.15) is 0 Å². The van der Waals surface area contributed by atoms with Crippen LogP contribution in [-0.2, 0) is 10.2 Å². The summed E-state index contributed by atoms with van der Waals surface area (Å²) >= 11 is 0. The highest BCUT2D eigenvalue weighted by molar-refractivity contribution is 5.89. The Kier molecular flexibility index (Phi) is 4.17. The highest BCUT2D eigenvalue weighted by Crippen LogP contribution is 2.45. The molecule has 2 atom stereocenters. The first-order valence-electron chi connectivity index (χ1n) is 7.95. The van der Waals surface area contributed by atoms with E-state index in [9.17, 15) is 18.7 Å². The van der Waals surface area contributed by atoms with Crippen molar-refractivity contribution in [1.82, 2.24) is 5.32 Å². The topological polar surface area (TPSA) is 49.3 Å². The predicted molar refractivity (Wildman–Crippen MR) is 78.2 cm³/mol. The number of hydrogen-bond donors (Lipinski definition) is 2. The van der Waals surface area contributed by atoms with E-state index in [4.69, 9.17) is 0 Å². The molecule has 2 fully saturated rings. The van der Waals surface area contributed by atoms with Gasteiger partial charge in [-0.15, -0.1) is 0 Å². The average molecular weight is 309 g/mol. The van der Waals surface area contributed by atoms with E-state index < -0.39 is 17.0 Å². The van der Waals surface area contributed by atoms with E-state index in [1.807, 2.05) is 0 Å². The van der Waals surface area contributed by atoms with Crippen molar-refractivity contribution in [3.8, 4) is 0 Å². The van der Waals surface area contributed by atoms with Gasteiger partial charge in [-0.1, -0.05) is 18.9 Å². The molecule has 0 spiro atoms. The molecular weight excluding hydrogens is 288 g/mol. The van der Waals surface area contributed by atoms with Crippen molar-refractivity contribution in [2.45, 2.75) is 50.0 Å². The predicted octanol–water partition coefficient (Wildman–Crippen LogP) is 2.66. The lowest BCUT2D eigenvalue weighted by molar-refractivity contribution is -0.130. The maximum Gasteiger partial charge on any atom is 0.230 e. The number of hydrogen-bond acceptors (Lipinski definition) is 2. The van der Waals surface area contributed by atoms with Crippen LogP contribution < -0.4 is 5.32 Å². The smallest absolute Gasteiger partial charge is 0.230 e. The van der Waals surface area contributed by atoms with E-state index in [0.29, 0.717) is 19.4 Å². The molecule has 1 amide bonds. The van der Waals surface area contributed by atoms with Gasteiger partial charge in [0.25, 0.3) is 0 Å². The SMILES string of the molecule is O=C(NC[C@@H]1CCC[C@@H]1O)C1(c2ccc(F)cc2F)CCC1. The molecule has 2 N–H and O–H groups in total. The summed E-state index contributed by atoms with van der Waals surface area (Å²) in [5.41, 5.74) is -0.592. The van der Waals surface area contributed by atoms with Crippen LogP contribution in [0, 0.1) is 17.6 Å². The molecule has 1 aromatic carbocycles. The highest BCUT2D eigenvalue weighted by atomic mass is 19.1. The van der Waals surface area contributed by atoms with Crippen molar-refractivity contribution in [1.29, 1.82) is 0 Å². The van der Waals surface area contributed by atoms with Crippen LogP contribution in [0.15, 0.2) is 18.2 Å². The fourth-order valence-corrected chi connectivity index (χ4v) is 3.67. The zero-order valence-corrected chi connectivity index (χ0v) is 12.4. The van der Waals surface area contributed by atoms with Gasteiger partial charge in [0, 0.05) is 24.1 Å². The van der Waals surface area contributed by atoms with Crippen LogP contribution in [0.3, 0.4) is 0 Å². The molecule has 2 aliphatic carbocycles. The van der Waals surface area contributed by atoms with Crippen LogP contribution in [0.2, 0.25) is 0 Å². The molecule has 0 radical (unpaired) electrons. The van der Waals surface area contributed by atoms with Crippen molar-refractivity contribution in [3.63, 3.8) is 0 Å². The Morgan fingerprint density at radius 3 is 2.59 bits per heavy atom. The van der Waals surface area contributed by atoms with Gasteiger partial charge in [0.05, 0.1) is 11.5 Å². The fraction of sp³-hybridized carbons (Fsp3) is 0.588. The van der Waals surface area contributed by atoms with Crippen LogP contribution in [-0.4, -0.2) is 23.7 Å². The summed E-state index contributed by atoms with van der Waals surface area (Å²) < 4.78 is 27.2. The van der Waals surface area contributed by atoms with Crippen molar-refractivity contribution in [3.05, 3.63) is 35.4 Å². The minimum atomic E-state index is -0.874. The van der Waals surface area contributed by atoms with E-state index in [-0.39, 0.29) is 23.5 Å². The standard InChI is InChI=1S/C17H21F2NO2/c18-12-5-6-13(14(19)9-12)17(7-2-8-17)16(22)20-10-11-3-1-4-15(11)21/h5-6,9,11,15,21H,1-4,7-8,10H2,(H,20,22)/t11-,15-/m0/s1. The van der Waals surface area contributed by atoms with Crippen LogP contribution in [0.5, 0.6) is 0 Å². The molecule has 0 unspecified atom stereocenters. The molecule has 0 aliphatic heterocycles. The summed E-state index contributed by atoms with van der Waals surface area (Å²) in [6.07, 6.45) is 4.30. The van der Waals surface area contributed by atoms with Crippen LogP contribution in [0.25, 0.3) is 0 Å². The number of halogens is 2. The summed E-state index contributed by atoms with van der Waals surface area (Å²) in [7, 11) is 0. The fourth-order valence-electron chi connectivity index (χ4n) is 3.67. The third-order valence-corrected chi connectivity index (χ3v) is 5.23. The van der Waals surface area contributed by atoms with E-state index >= 15 is 0 Å². The summed E-state index contributed by atoms with van der Waals surface area (Å²) in [5.74, 6) is -1.41. The molecular formula is C17H21F2NO2. The number of rotatable bonds is 4. The van der Waals surface area contributed by atoms with Gasteiger partial charge in [-0.3, -0.25) is 4.79 Å². The zero-order chi connectivity index (χ0) is 15.7. The number of aliphatic hydroxyl groups excluding tert-OH is 1. The normalized spacial score (nSPS) is 26.5. The molecule has 3 rings (SSSR count). The Bertz CT molecular complexity index is 572. The maximum absolute atomic E-state index is 14.1. The highest BCUT2D eigenvalue weighted by Gasteiger charge is 2.47. The van der Waals surface area contributed by atoms with Crippen LogP contribution in [0.4, 0.5) is 8.78 Å². The van der Waals surface area contributed by atoms with Gasteiger partial charge in [0.1, 0.15) is 11.6 Å². The monoisotopic (exact) mass is 309 g/mol. The van der Waals surface area contributed by atoms with Crippen molar-refractivity contribution < 1.29 is 18.7 Å². The Hall–Kier alpha value is -1.49. The van der Waals surface area contributed by atoms with Crippen molar-refractivity contribution >= 4 is 5.91 Å². The number of benzene rings is 1. The first-order valence-corrected chi connectivity index (χ1v) is 7.95. The summed E-state index contributed by atoms with van der Waals surface area (Å²) in [6.45, 7) is 0.421. The summed E-state index contributed by atoms with van der Waals surface area (Å²) in [4.78, 5) is 12.6. The molecule has 2 saturated carbocycles. The van der Waals surface area contributed by atoms with Gasteiger partial charge < -0.3 is 10.4 Å². The third-order valence-electron chi connectivity index (χ3n) is 5.23. The molecule has 3 nitrogen and oxygen atoms in total. The van der Waals surface area contributed by atoms with E-state index in [0.717, 1.165) is 31.7 Å². The molecule has 0 heterocycles. The average Bonchev–Trinajstić information content (AvgIpc) is 2.83. The van der Waals surface area contributed by atoms with Gasteiger partial charge >= 0.3 is 0 Å². The Morgan fingerprint density at radius 1 is 1.27 bits per heavy atom. The number of carbonyl (C=O) groups excluding carboxylic acids is 1. The second-order valence-corrected chi connectivity index (χ2v) is 6.53. The molecule has 0 saturated heterocycles. The quantitative estimate of drug-likeness (QED) is 0.898. The molecule has 0 aromatic heterocycles. The number of carbonyl (C=O) groups is 1. The Morgan fingerprint density at radius 2 is 2.05 bits per heavy atom. The number of amides is 1. The molecule has 0 bridgehead atoms. The lowest BCUT2D eigenvalue weighted by atomic mass is 9.63. The van der Waals surface area contributed by atoms with E-state index in [2.05, 4.69) is 5.32 Å². The first kappa shape index (κ1) is 15.4.